The first-order chi connectivity index (χ1) is 8.75. The molecule has 0 bridgehead atoms. The Bertz CT molecular complexity index is 613. The van der Waals surface area contributed by atoms with Crippen molar-refractivity contribution in [1.82, 2.24) is 9.55 Å². The van der Waals surface area contributed by atoms with Gasteiger partial charge in [-0.15, -0.1) is 0 Å². The van der Waals surface area contributed by atoms with E-state index in [0.29, 0.717) is 23.5 Å². The molecule has 1 aromatic carbocycles. The fraction of sp³-hybridized carbons (Fsp3) is 0.462. The second kappa shape index (κ2) is 4.80. The van der Waals surface area contributed by atoms with Crippen LogP contribution in [0.25, 0.3) is 11.0 Å². The summed E-state index contributed by atoms with van der Waals surface area (Å²) >= 11 is 1.95. The number of imidazole rings is 1. The minimum absolute atomic E-state index is 0.201. The van der Waals surface area contributed by atoms with Gasteiger partial charge in [-0.2, -0.15) is 11.8 Å². The van der Waals surface area contributed by atoms with Crippen LogP contribution in [0.5, 0.6) is 0 Å². The normalized spacial score (nSPS) is 17.4. The van der Waals surface area contributed by atoms with Crippen LogP contribution in [0.3, 0.4) is 0 Å². The minimum Gasteiger partial charge on any atom is -0.305 e. The zero-order valence-electron chi connectivity index (χ0n) is 9.99. The number of H-pyrrole nitrogens is 1. The summed E-state index contributed by atoms with van der Waals surface area (Å²) in [5.74, 6) is 2.45. The number of nitrogens with one attached hydrogen (secondary N) is 1. The average Bonchev–Trinajstić information content (AvgIpc) is 2.69. The van der Waals surface area contributed by atoms with Crippen LogP contribution in [-0.4, -0.2) is 21.1 Å². The number of benzene rings is 1. The number of aromatic nitrogens is 2. The van der Waals surface area contributed by atoms with Crippen molar-refractivity contribution >= 4 is 22.8 Å². The average molecular weight is 266 g/mol. The first kappa shape index (κ1) is 11.8. The van der Waals surface area contributed by atoms with E-state index in [1.54, 1.807) is 16.7 Å². The van der Waals surface area contributed by atoms with Gasteiger partial charge in [-0.3, -0.25) is 4.57 Å². The first-order valence-corrected chi connectivity index (χ1v) is 7.36. The van der Waals surface area contributed by atoms with Crippen molar-refractivity contribution in [3.8, 4) is 0 Å². The molecule has 1 N–H and O–H groups in total. The number of nitrogens with zero attached hydrogens (tertiary/aromatic N) is 1. The molecule has 3 nitrogen and oxygen atoms in total. The Balaban J connectivity index is 2.00. The molecule has 2 aromatic rings. The molecule has 1 aliphatic rings. The third-order valence-corrected chi connectivity index (χ3v) is 4.57. The van der Waals surface area contributed by atoms with Gasteiger partial charge in [-0.25, -0.2) is 9.18 Å². The number of aromatic amines is 1. The van der Waals surface area contributed by atoms with Crippen molar-refractivity contribution in [3.63, 3.8) is 0 Å². The maximum Gasteiger partial charge on any atom is 0.326 e. The van der Waals surface area contributed by atoms with Crippen molar-refractivity contribution in [2.75, 3.05) is 11.5 Å². The van der Waals surface area contributed by atoms with Gasteiger partial charge in [0.1, 0.15) is 11.3 Å². The standard InChI is InChI=1S/C13H15FN2OS/c14-10-2-1-3-11-12(10)16(13(17)15-11)8-9-4-6-18-7-5-9/h1-3,9H,4-8H2,(H,15,17). The monoisotopic (exact) mass is 266 g/mol. The van der Waals surface area contributed by atoms with Crippen molar-refractivity contribution in [2.45, 2.75) is 19.4 Å². The number of rotatable bonds is 2. The predicted molar refractivity (Wildman–Crippen MR) is 72.6 cm³/mol. The molecular formula is C13H15FN2OS. The Morgan fingerprint density at radius 2 is 2.17 bits per heavy atom. The van der Waals surface area contributed by atoms with E-state index in [4.69, 9.17) is 0 Å². The minimum atomic E-state index is -0.323. The van der Waals surface area contributed by atoms with Gasteiger partial charge in [0, 0.05) is 6.54 Å². The number of hydrogen-bond donors (Lipinski definition) is 1. The van der Waals surface area contributed by atoms with Crippen LogP contribution < -0.4 is 5.69 Å². The van der Waals surface area contributed by atoms with E-state index in [2.05, 4.69) is 4.98 Å². The van der Waals surface area contributed by atoms with E-state index >= 15 is 0 Å². The molecule has 1 saturated heterocycles. The van der Waals surface area contributed by atoms with E-state index in [1.807, 2.05) is 11.8 Å². The molecule has 0 saturated carbocycles. The summed E-state index contributed by atoms with van der Waals surface area (Å²) in [4.78, 5) is 14.6. The van der Waals surface area contributed by atoms with E-state index in [-0.39, 0.29) is 11.5 Å². The van der Waals surface area contributed by atoms with Crippen LogP contribution >= 0.6 is 11.8 Å². The molecule has 0 radical (unpaired) electrons. The molecule has 0 spiro atoms. The molecule has 0 aliphatic carbocycles. The quantitative estimate of drug-likeness (QED) is 0.907. The lowest BCUT2D eigenvalue weighted by Crippen LogP contribution is -2.24. The summed E-state index contributed by atoms with van der Waals surface area (Å²) in [5, 5.41) is 0. The van der Waals surface area contributed by atoms with E-state index in [1.165, 1.54) is 6.07 Å². The van der Waals surface area contributed by atoms with Gasteiger partial charge < -0.3 is 4.98 Å². The van der Waals surface area contributed by atoms with Crippen molar-refractivity contribution in [3.05, 3.63) is 34.5 Å². The van der Waals surface area contributed by atoms with E-state index in [0.717, 1.165) is 24.3 Å². The van der Waals surface area contributed by atoms with Gasteiger partial charge in [0.15, 0.2) is 0 Å². The summed E-state index contributed by atoms with van der Waals surface area (Å²) in [6.45, 7) is 0.625. The highest BCUT2D eigenvalue weighted by molar-refractivity contribution is 7.99. The van der Waals surface area contributed by atoms with Gasteiger partial charge in [-0.05, 0) is 42.4 Å². The van der Waals surface area contributed by atoms with E-state index in [9.17, 15) is 9.18 Å². The zero-order valence-corrected chi connectivity index (χ0v) is 10.8. The van der Waals surface area contributed by atoms with Crippen molar-refractivity contribution in [2.24, 2.45) is 5.92 Å². The van der Waals surface area contributed by atoms with Crippen LogP contribution in [0, 0.1) is 11.7 Å². The number of halogens is 1. The van der Waals surface area contributed by atoms with Crippen molar-refractivity contribution < 1.29 is 4.39 Å². The molecule has 0 amide bonds. The molecule has 1 aromatic heterocycles. The zero-order chi connectivity index (χ0) is 12.5. The second-order valence-electron chi connectivity index (χ2n) is 4.73. The third-order valence-electron chi connectivity index (χ3n) is 3.53. The van der Waals surface area contributed by atoms with Crippen LogP contribution in [0.2, 0.25) is 0 Å². The fourth-order valence-corrected chi connectivity index (χ4v) is 3.74. The predicted octanol–water partition coefficient (Wildman–Crippen LogP) is 2.61. The Morgan fingerprint density at radius 3 is 2.94 bits per heavy atom. The largest absolute Gasteiger partial charge is 0.326 e. The lowest BCUT2D eigenvalue weighted by Gasteiger charge is -2.21. The lowest BCUT2D eigenvalue weighted by molar-refractivity contribution is 0.415. The third kappa shape index (κ3) is 2.07. The summed E-state index contributed by atoms with van der Waals surface area (Å²) in [7, 11) is 0. The molecular weight excluding hydrogens is 251 g/mol. The lowest BCUT2D eigenvalue weighted by atomic mass is 10.0. The number of thioether (sulfide) groups is 1. The van der Waals surface area contributed by atoms with Gasteiger partial charge in [0.2, 0.25) is 0 Å². The summed E-state index contributed by atoms with van der Waals surface area (Å²) in [6, 6.07) is 4.77. The smallest absolute Gasteiger partial charge is 0.305 e. The fourth-order valence-electron chi connectivity index (χ4n) is 2.54. The molecule has 1 aliphatic heterocycles. The highest BCUT2D eigenvalue weighted by Gasteiger charge is 2.18. The Labute approximate surface area is 108 Å². The molecule has 0 unspecified atom stereocenters. The van der Waals surface area contributed by atoms with Crippen molar-refractivity contribution in [1.29, 1.82) is 0 Å². The Hall–Kier alpha value is -1.23. The number of para-hydroxylation sites is 1. The molecule has 96 valence electrons. The summed E-state index contributed by atoms with van der Waals surface area (Å²) in [5.41, 5.74) is 0.805. The highest BCUT2D eigenvalue weighted by Crippen LogP contribution is 2.25. The molecule has 18 heavy (non-hydrogen) atoms. The molecule has 2 heterocycles. The van der Waals surface area contributed by atoms with Gasteiger partial charge >= 0.3 is 5.69 Å². The van der Waals surface area contributed by atoms with Crippen LogP contribution in [0.4, 0.5) is 4.39 Å². The Morgan fingerprint density at radius 1 is 1.39 bits per heavy atom. The molecule has 3 rings (SSSR count). The molecule has 1 fully saturated rings. The number of fused-ring (bicyclic) bond motifs is 1. The topological polar surface area (TPSA) is 37.8 Å². The molecule has 0 atom stereocenters. The van der Waals surface area contributed by atoms with Crippen LogP contribution in [0.1, 0.15) is 12.8 Å². The van der Waals surface area contributed by atoms with Crippen LogP contribution in [-0.2, 0) is 6.54 Å². The maximum atomic E-state index is 13.8. The summed E-state index contributed by atoms with van der Waals surface area (Å²) in [6.07, 6.45) is 2.22. The number of hydrogen-bond acceptors (Lipinski definition) is 2. The van der Waals surface area contributed by atoms with Gasteiger partial charge in [0.25, 0.3) is 0 Å². The van der Waals surface area contributed by atoms with E-state index < -0.39 is 0 Å². The summed E-state index contributed by atoms with van der Waals surface area (Å²) < 4.78 is 15.4. The SMILES string of the molecule is O=c1[nH]c2cccc(F)c2n1CC1CCSCC1. The van der Waals surface area contributed by atoms with Crippen LogP contribution in [0.15, 0.2) is 23.0 Å². The first-order valence-electron chi connectivity index (χ1n) is 6.20. The highest BCUT2D eigenvalue weighted by atomic mass is 32.2. The molecule has 5 heteroatoms. The second-order valence-corrected chi connectivity index (χ2v) is 5.96. The Kier molecular flexibility index (Phi) is 3.16. The van der Waals surface area contributed by atoms with Gasteiger partial charge in [-0.1, -0.05) is 6.07 Å². The van der Waals surface area contributed by atoms with Gasteiger partial charge in [0.05, 0.1) is 5.52 Å². The maximum absolute atomic E-state index is 13.8.